The van der Waals surface area contributed by atoms with Gasteiger partial charge in [0.1, 0.15) is 17.5 Å². The van der Waals surface area contributed by atoms with Crippen LogP contribution in [0.5, 0.6) is 0 Å². The van der Waals surface area contributed by atoms with Gasteiger partial charge in [-0.15, -0.1) is 0 Å². The second kappa shape index (κ2) is 7.40. The summed E-state index contributed by atoms with van der Waals surface area (Å²) in [7, 11) is 0. The lowest BCUT2D eigenvalue weighted by Gasteiger charge is -2.09. The lowest BCUT2D eigenvalue weighted by molar-refractivity contribution is 0.102. The average molecular weight is 379 g/mol. The molecule has 1 aromatic heterocycles. The minimum Gasteiger partial charge on any atom is -0.338 e. The van der Waals surface area contributed by atoms with Crippen molar-refractivity contribution < 1.29 is 26.7 Å². The number of benzene rings is 2. The van der Waals surface area contributed by atoms with Gasteiger partial charge in [-0.05, 0) is 36.4 Å². The highest BCUT2D eigenvalue weighted by Crippen LogP contribution is 2.23. The van der Waals surface area contributed by atoms with Gasteiger partial charge >= 0.3 is 0 Å². The Kier molecular flexibility index (Phi) is 5.02. The number of aromatic nitrogens is 1. The standard InChI is InChI=1S/C18H10F5N3O/c19-10-2-4-13(12(21)7-10)26-18(27)9-1-6-15(24-8-9)25-14-5-3-11(20)16(22)17(14)23/h1-8H,(H,24,25)(H,26,27). The van der Waals surface area contributed by atoms with Crippen LogP contribution < -0.4 is 10.6 Å². The Morgan fingerprint density at radius 3 is 2.22 bits per heavy atom. The molecular weight excluding hydrogens is 369 g/mol. The number of hydrogen-bond acceptors (Lipinski definition) is 3. The minimum absolute atomic E-state index is 0.0371. The van der Waals surface area contributed by atoms with Crippen LogP contribution in [0.3, 0.4) is 0 Å². The Bertz CT molecular complexity index is 1010. The van der Waals surface area contributed by atoms with Crippen molar-refractivity contribution in [3.63, 3.8) is 0 Å². The van der Waals surface area contributed by atoms with Gasteiger partial charge in [-0.25, -0.2) is 26.9 Å². The molecule has 0 saturated carbocycles. The van der Waals surface area contributed by atoms with E-state index in [1.54, 1.807) is 0 Å². The first kappa shape index (κ1) is 18.3. The highest BCUT2D eigenvalue weighted by Gasteiger charge is 2.14. The molecule has 3 aromatic rings. The van der Waals surface area contributed by atoms with Crippen molar-refractivity contribution in [2.45, 2.75) is 0 Å². The zero-order valence-corrected chi connectivity index (χ0v) is 13.4. The van der Waals surface area contributed by atoms with Crippen LogP contribution in [-0.4, -0.2) is 10.9 Å². The van der Waals surface area contributed by atoms with Crippen LogP contribution in [0.25, 0.3) is 0 Å². The zero-order chi connectivity index (χ0) is 19.6. The van der Waals surface area contributed by atoms with E-state index in [2.05, 4.69) is 15.6 Å². The fourth-order valence-corrected chi connectivity index (χ4v) is 2.15. The molecule has 1 amide bonds. The number of nitrogens with one attached hydrogen (secondary N) is 2. The minimum atomic E-state index is -1.63. The molecular formula is C18H10F5N3O. The molecule has 0 saturated heterocycles. The Morgan fingerprint density at radius 2 is 1.56 bits per heavy atom. The number of halogens is 5. The van der Waals surface area contributed by atoms with Crippen molar-refractivity contribution in [2.75, 3.05) is 10.6 Å². The van der Waals surface area contributed by atoms with Crippen molar-refractivity contribution in [3.8, 4) is 0 Å². The summed E-state index contributed by atoms with van der Waals surface area (Å²) in [5.41, 5.74) is -0.519. The number of pyridine rings is 1. The summed E-state index contributed by atoms with van der Waals surface area (Å²) in [5, 5.41) is 4.70. The SMILES string of the molecule is O=C(Nc1ccc(F)cc1F)c1ccc(Nc2ccc(F)c(F)c2F)nc1. The summed E-state index contributed by atoms with van der Waals surface area (Å²) in [5.74, 6) is -6.74. The van der Waals surface area contributed by atoms with E-state index in [9.17, 15) is 26.7 Å². The molecule has 0 bridgehead atoms. The van der Waals surface area contributed by atoms with E-state index in [1.807, 2.05) is 0 Å². The van der Waals surface area contributed by atoms with Gasteiger partial charge in [0.15, 0.2) is 17.5 Å². The third-order valence-electron chi connectivity index (χ3n) is 3.50. The first-order chi connectivity index (χ1) is 12.8. The van der Waals surface area contributed by atoms with Crippen LogP contribution in [0, 0.1) is 29.1 Å². The smallest absolute Gasteiger partial charge is 0.257 e. The Balaban J connectivity index is 1.73. The molecule has 0 aliphatic rings. The van der Waals surface area contributed by atoms with Gasteiger partial charge in [0.05, 0.1) is 16.9 Å². The summed E-state index contributed by atoms with van der Waals surface area (Å²) in [6.07, 6.45) is 1.11. The maximum atomic E-state index is 13.6. The van der Waals surface area contributed by atoms with E-state index in [0.29, 0.717) is 6.07 Å². The van der Waals surface area contributed by atoms with Crippen molar-refractivity contribution in [1.82, 2.24) is 4.98 Å². The van der Waals surface area contributed by atoms with E-state index in [1.165, 1.54) is 12.1 Å². The van der Waals surface area contributed by atoms with Gasteiger partial charge in [0.2, 0.25) is 0 Å². The fourth-order valence-electron chi connectivity index (χ4n) is 2.15. The second-order valence-corrected chi connectivity index (χ2v) is 5.36. The number of anilines is 3. The number of carbonyl (C=O) groups is 1. The van der Waals surface area contributed by atoms with E-state index >= 15 is 0 Å². The second-order valence-electron chi connectivity index (χ2n) is 5.36. The van der Waals surface area contributed by atoms with Crippen LogP contribution >= 0.6 is 0 Å². The molecule has 0 unspecified atom stereocenters. The van der Waals surface area contributed by atoms with Crippen molar-refractivity contribution in [2.24, 2.45) is 0 Å². The van der Waals surface area contributed by atoms with Gasteiger partial charge in [-0.1, -0.05) is 0 Å². The van der Waals surface area contributed by atoms with Gasteiger partial charge in [0.25, 0.3) is 5.91 Å². The molecule has 138 valence electrons. The third kappa shape index (κ3) is 4.02. The molecule has 0 radical (unpaired) electrons. The highest BCUT2D eigenvalue weighted by atomic mass is 19.2. The molecule has 0 atom stereocenters. The summed E-state index contributed by atoms with van der Waals surface area (Å²) in [6.45, 7) is 0. The summed E-state index contributed by atoms with van der Waals surface area (Å²) in [4.78, 5) is 15.9. The highest BCUT2D eigenvalue weighted by molar-refractivity contribution is 6.04. The van der Waals surface area contributed by atoms with Gasteiger partial charge in [-0.3, -0.25) is 4.79 Å². The normalized spacial score (nSPS) is 10.6. The molecule has 4 nitrogen and oxygen atoms in total. The maximum Gasteiger partial charge on any atom is 0.257 e. The lowest BCUT2D eigenvalue weighted by Crippen LogP contribution is -2.13. The Morgan fingerprint density at radius 1 is 0.815 bits per heavy atom. The fraction of sp³-hybridized carbons (Fsp3) is 0. The lowest BCUT2D eigenvalue weighted by atomic mass is 10.2. The quantitative estimate of drug-likeness (QED) is 0.507. The molecule has 27 heavy (non-hydrogen) atoms. The van der Waals surface area contributed by atoms with E-state index in [4.69, 9.17) is 0 Å². The van der Waals surface area contributed by atoms with E-state index < -0.39 is 35.0 Å². The zero-order valence-electron chi connectivity index (χ0n) is 13.4. The van der Waals surface area contributed by atoms with Crippen LogP contribution in [0.4, 0.5) is 39.1 Å². The molecule has 2 aromatic carbocycles. The summed E-state index contributed by atoms with van der Waals surface area (Å²) >= 11 is 0. The molecule has 9 heteroatoms. The average Bonchev–Trinajstić information content (AvgIpc) is 2.65. The largest absolute Gasteiger partial charge is 0.338 e. The predicted octanol–water partition coefficient (Wildman–Crippen LogP) is 4.77. The monoisotopic (exact) mass is 379 g/mol. The van der Waals surface area contributed by atoms with Crippen molar-refractivity contribution in [3.05, 3.63) is 83.3 Å². The molecule has 0 aliphatic heterocycles. The number of nitrogens with zero attached hydrogens (tertiary/aromatic N) is 1. The molecule has 0 spiro atoms. The molecule has 0 aliphatic carbocycles. The van der Waals surface area contributed by atoms with Gasteiger partial charge < -0.3 is 10.6 Å². The predicted molar refractivity (Wildman–Crippen MR) is 88.1 cm³/mol. The number of amides is 1. The number of carbonyl (C=O) groups excluding carboxylic acids is 1. The maximum absolute atomic E-state index is 13.6. The van der Waals surface area contributed by atoms with Crippen molar-refractivity contribution >= 4 is 23.1 Å². The molecule has 0 fully saturated rings. The topological polar surface area (TPSA) is 54.0 Å². The Hall–Kier alpha value is -3.49. The van der Waals surface area contributed by atoms with Crippen LogP contribution in [0.1, 0.15) is 10.4 Å². The third-order valence-corrected chi connectivity index (χ3v) is 3.50. The first-order valence-electron chi connectivity index (χ1n) is 7.48. The van der Waals surface area contributed by atoms with Crippen LogP contribution in [0.15, 0.2) is 48.7 Å². The van der Waals surface area contributed by atoms with Crippen molar-refractivity contribution in [1.29, 1.82) is 0 Å². The van der Waals surface area contributed by atoms with E-state index in [-0.39, 0.29) is 22.8 Å². The van der Waals surface area contributed by atoms with Crippen LogP contribution in [-0.2, 0) is 0 Å². The van der Waals surface area contributed by atoms with E-state index in [0.717, 1.165) is 30.5 Å². The van der Waals surface area contributed by atoms with Crippen LogP contribution in [0.2, 0.25) is 0 Å². The molecule has 3 rings (SSSR count). The first-order valence-corrected chi connectivity index (χ1v) is 7.48. The molecule has 2 N–H and O–H groups in total. The number of hydrogen-bond donors (Lipinski definition) is 2. The van der Waals surface area contributed by atoms with Gasteiger partial charge in [0, 0.05) is 12.3 Å². The molecule has 1 heterocycles. The number of rotatable bonds is 4. The Labute approximate surface area is 149 Å². The van der Waals surface area contributed by atoms with Gasteiger partial charge in [-0.2, -0.15) is 0 Å². The summed E-state index contributed by atoms with van der Waals surface area (Å²) < 4.78 is 66.2. The summed E-state index contributed by atoms with van der Waals surface area (Å²) in [6, 6.07) is 7.00.